The van der Waals surface area contributed by atoms with Gasteiger partial charge in [-0.25, -0.2) is 0 Å². The molecule has 0 unspecified atom stereocenters. The molecule has 1 atom stereocenters. The fraction of sp³-hybridized carbons (Fsp3) is 0.833. The quantitative estimate of drug-likeness (QED) is 0.593. The molecule has 0 aromatic rings. The minimum absolute atomic E-state index is 0.0370. The van der Waals surface area contributed by atoms with Gasteiger partial charge in [-0.15, -0.1) is 0 Å². The van der Waals surface area contributed by atoms with Gasteiger partial charge >= 0.3 is 0 Å². The maximum Gasteiger partial charge on any atom is 0.139 e. The van der Waals surface area contributed by atoms with E-state index in [1.165, 1.54) is 0 Å². The molecule has 0 aromatic heterocycles. The van der Waals surface area contributed by atoms with E-state index in [0.29, 0.717) is 25.0 Å². The van der Waals surface area contributed by atoms with E-state index in [2.05, 4.69) is 13.8 Å². The molecule has 0 radical (unpaired) electrons. The third-order valence-corrected chi connectivity index (χ3v) is 3.68. The molecule has 0 aromatic carbocycles. The van der Waals surface area contributed by atoms with Gasteiger partial charge in [0.2, 0.25) is 0 Å². The number of carbonyl (C=O) groups excluding carboxylic acids is 2. The zero-order chi connectivity index (χ0) is 10.4. The number of hydrogen-bond acceptors (Lipinski definition) is 2. The SMILES string of the molecule is CC1(C)CC(=O)C[C@@]2(CCCC2=O)C1. The normalized spacial score (nSPS) is 36.7. The Bertz CT molecular complexity index is 291. The smallest absolute Gasteiger partial charge is 0.139 e. The summed E-state index contributed by atoms with van der Waals surface area (Å²) in [6.07, 6.45) is 4.73. The molecule has 2 saturated carbocycles. The van der Waals surface area contributed by atoms with Gasteiger partial charge in [-0.1, -0.05) is 13.8 Å². The van der Waals surface area contributed by atoms with E-state index in [-0.39, 0.29) is 16.6 Å². The summed E-state index contributed by atoms with van der Waals surface area (Å²) < 4.78 is 0. The first-order valence-corrected chi connectivity index (χ1v) is 5.49. The second kappa shape index (κ2) is 2.91. The van der Waals surface area contributed by atoms with Crippen LogP contribution in [-0.2, 0) is 9.59 Å². The summed E-state index contributed by atoms with van der Waals surface area (Å²) in [7, 11) is 0. The third-order valence-electron chi connectivity index (χ3n) is 3.68. The van der Waals surface area contributed by atoms with E-state index in [9.17, 15) is 9.59 Å². The van der Waals surface area contributed by atoms with Crippen LogP contribution in [0.25, 0.3) is 0 Å². The minimum Gasteiger partial charge on any atom is -0.300 e. The van der Waals surface area contributed by atoms with Crippen LogP contribution in [-0.4, -0.2) is 11.6 Å². The van der Waals surface area contributed by atoms with E-state index in [1.807, 2.05) is 0 Å². The molecule has 0 heterocycles. The molecule has 0 N–H and O–H groups in total. The predicted octanol–water partition coefficient (Wildman–Crippen LogP) is 2.51. The molecule has 0 saturated heterocycles. The first-order chi connectivity index (χ1) is 6.44. The molecule has 2 heteroatoms. The van der Waals surface area contributed by atoms with Gasteiger partial charge in [0.1, 0.15) is 11.6 Å². The highest BCUT2D eigenvalue weighted by Crippen LogP contribution is 2.51. The van der Waals surface area contributed by atoms with Crippen molar-refractivity contribution in [2.24, 2.45) is 10.8 Å². The Hall–Kier alpha value is -0.660. The molecule has 2 rings (SSSR count). The summed E-state index contributed by atoms with van der Waals surface area (Å²) in [6.45, 7) is 4.22. The molecule has 2 fully saturated rings. The predicted molar refractivity (Wildman–Crippen MR) is 53.9 cm³/mol. The van der Waals surface area contributed by atoms with Crippen molar-refractivity contribution < 1.29 is 9.59 Å². The molecule has 1 spiro atoms. The Labute approximate surface area is 85.1 Å². The molecule has 2 nitrogen and oxygen atoms in total. The fourth-order valence-electron chi connectivity index (χ4n) is 3.38. The highest BCUT2D eigenvalue weighted by molar-refractivity contribution is 5.93. The van der Waals surface area contributed by atoms with Crippen molar-refractivity contribution in [1.29, 1.82) is 0 Å². The van der Waals surface area contributed by atoms with Crippen LogP contribution < -0.4 is 0 Å². The van der Waals surface area contributed by atoms with E-state index in [1.54, 1.807) is 0 Å². The lowest BCUT2D eigenvalue weighted by molar-refractivity contribution is -0.138. The second-order valence-corrected chi connectivity index (χ2v) is 5.79. The van der Waals surface area contributed by atoms with Crippen LogP contribution in [0.5, 0.6) is 0 Å². The lowest BCUT2D eigenvalue weighted by Gasteiger charge is -2.40. The summed E-state index contributed by atoms with van der Waals surface area (Å²) in [5.41, 5.74) is -0.214. The van der Waals surface area contributed by atoms with Gasteiger partial charge in [0.25, 0.3) is 0 Å². The van der Waals surface area contributed by atoms with Crippen molar-refractivity contribution in [1.82, 2.24) is 0 Å². The van der Waals surface area contributed by atoms with Crippen molar-refractivity contribution >= 4 is 11.6 Å². The maximum atomic E-state index is 11.8. The Balaban J connectivity index is 2.27. The largest absolute Gasteiger partial charge is 0.300 e. The number of Topliss-reactive ketones (excluding diaryl/α,β-unsaturated/α-hetero) is 2. The molecule has 14 heavy (non-hydrogen) atoms. The topological polar surface area (TPSA) is 34.1 Å². The van der Waals surface area contributed by atoms with Gasteiger partial charge in [0.15, 0.2) is 0 Å². The average Bonchev–Trinajstić information content (AvgIpc) is 2.27. The van der Waals surface area contributed by atoms with Gasteiger partial charge in [-0.05, 0) is 24.7 Å². The Morgan fingerprint density at radius 3 is 2.36 bits per heavy atom. The van der Waals surface area contributed by atoms with Crippen LogP contribution >= 0.6 is 0 Å². The summed E-state index contributed by atoms with van der Waals surface area (Å²) in [6, 6.07) is 0. The number of rotatable bonds is 0. The number of hydrogen-bond donors (Lipinski definition) is 0. The highest BCUT2D eigenvalue weighted by atomic mass is 16.1. The third kappa shape index (κ3) is 1.51. The standard InChI is InChI=1S/C12H18O2/c1-11(2)6-9(13)7-12(8-11)5-3-4-10(12)14/h3-8H2,1-2H3/t12-/m0/s1. The van der Waals surface area contributed by atoms with Gasteiger partial charge in [-0.3, -0.25) is 9.59 Å². The summed E-state index contributed by atoms with van der Waals surface area (Å²) >= 11 is 0. The van der Waals surface area contributed by atoms with E-state index in [4.69, 9.17) is 0 Å². The fourth-order valence-corrected chi connectivity index (χ4v) is 3.38. The lowest BCUT2D eigenvalue weighted by Crippen LogP contribution is -2.40. The maximum absolute atomic E-state index is 11.8. The van der Waals surface area contributed by atoms with Crippen LogP contribution in [0.4, 0.5) is 0 Å². The van der Waals surface area contributed by atoms with Gasteiger partial charge in [0, 0.05) is 24.7 Å². The first kappa shape index (κ1) is 9.88. The van der Waals surface area contributed by atoms with E-state index >= 15 is 0 Å². The van der Waals surface area contributed by atoms with Crippen LogP contribution in [0.3, 0.4) is 0 Å². The first-order valence-electron chi connectivity index (χ1n) is 5.49. The van der Waals surface area contributed by atoms with Crippen molar-refractivity contribution in [3.8, 4) is 0 Å². The van der Waals surface area contributed by atoms with Crippen molar-refractivity contribution in [3.05, 3.63) is 0 Å². The second-order valence-electron chi connectivity index (χ2n) is 5.79. The number of ketones is 2. The molecular weight excluding hydrogens is 176 g/mol. The highest BCUT2D eigenvalue weighted by Gasteiger charge is 2.50. The molecule has 0 amide bonds. The van der Waals surface area contributed by atoms with Crippen LogP contribution in [0.2, 0.25) is 0 Å². The van der Waals surface area contributed by atoms with Gasteiger partial charge in [0.05, 0.1) is 0 Å². The molecule has 2 aliphatic rings. The van der Waals surface area contributed by atoms with Gasteiger partial charge in [-0.2, -0.15) is 0 Å². The molecular formula is C12H18O2. The summed E-state index contributed by atoms with van der Waals surface area (Å²) in [5, 5.41) is 0. The van der Waals surface area contributed by atoms with Crippen LogP contribution in [0.1, 0.15) is 52.4 Å². The molecule has 2 aliphatic carbocycles. The van der Waals surface area contributed by atoms with E-state index < -0.39 is 0 Å². The number of carbonyl (C=O) groups is 2. The zero-order valence-electron chi connectivity index (χ0n) is 9.06. The monoisotopic (exact) mass is 194 g/mol. The Morgan fingerprint density at radius 2 is 1.86 bits per heavy atom. The van der Waals surface area contributed by atoms with Crippen molar-refractivity contribution in [2.45, 2.75) is 52.4 Å². The van der Waals surface area contributed by atoms with Crippen molar-refractivity contribution in [2.75, 3.05) is 0 Å². The zero-order valence-corrected chi connectivity index (χ0v) is 9.06. The lowest BCUT2D eigenvalue weighted by atomic mass is 9.62. The van der Waals surface area contributed by atoms with Crippen LogP contribution in [0.15, 0.2) is 0 Å². The van der Waals surface area contributed by atoms with Gasteiger partial charge < -0.3 is 0 Å². The van der Waals surface area contributed by atoms with Crippen LogP contribution in [0, 0.1) is 10.8 Å². The average molecular weight is 194 g/mol. The molecule has 78 valence electrons. The van der Waals surface area contributed by atoms with Crippen molar-refractivity contribution in [3.63, 3.8) is 0 Å². The molecule has 0 bridgehead atoms. The summed E-state index contributed by atoms with van der Waals surface area (Å²) in [5.74, 6) is 0.634. The van der Waals surface area contributed by atoms with E-state index in [0.717, 1.165) is 19.3 Å². The minimum atomic E-state index is -0.251. The Kier molecular flexibility index (Phi) is 2.06. The Morgan fingerprint density at radius 1 is 1.14 bits per heavy atom. The summed E-state index contributed by atoms with van der Waals surface area (Å²) in [4.78, 5) is 23.5. The molecule has 0 aliphatic heterocycles.